The van der Waals surface area contributed by atoms with Crippen LogP contribution in [0.3, 0.4) is 0 Å². The van der Waals surface area contributed by atoms with Crippen molar-refractivity contribution in [3.8, 4) is 5.75 Å². The predicted molar refractivity (Wildman–Crippen MR) is 165 cm³/mol. The Hall–Kier alpha value is -2.35. The summed E-state index contributed by atoms with van der Waals surface area (Å²) in [5.41, 5.74) is 2.81. The van der Waals surface area contributed by atoms with Crippen LogP contribution in [0.5, 0.6) is 5.75 Å². The van der Waals surface area contributed by atoms with E-state index in [0.717, 1.165) is 61.7 Å². The Labute approximate surface area is 251 Å². The third-order valence-corrected chi connectivity index (χ3v) is 12.0. The van der Waals surface area contributed by atoms with Crippen LogP contribution in [0.4, 0.5) is 5.69 Å². The van der Waals surface area contributed by atoms with Crippen LogP contribution in [0.15, 0.2) is 48.6 Å². The Morgan fingerprint density at radius 3 is 2.78 bits per heavy atom. The molecule has 220 valence electrons. The van der Waals surface area contributed by atoms with Crippen molar-refractivity contribution in [2.24, 2.45) is 17.8 Å². The third kappa shape index (κ3) is 5.46. The van der Waals surface area contributed by atoms with Crippen LogP contribution in [0.1, 0.15) is 74.4 Å². The van der Waals surface area contributed by atoms with Gasteiger partial charge in [0.1, 0.15) is 16.7 Å². The summed E-state index contributed by atoms with van der Waals surface area (Å²) in [6.07, 6.45) is 9.75. The SMILES string of the molecule is CC1C/C=C/[C@](C)(O)C2CCC2CN2C[C@@]3(CCCc4cc(Cl)ccc43)COc3ccc(cc32)C(=O)NS(=O)C1C. The molecule has 2 aromatic carbocycles. The number of allylic oxidation sites excluding steroid dienone is 1. The lowest BCUT2D eigenvalue weighted by Gasteiger charge is -2.48. The first-order chi connectivity index (χ1) is 19.6. The van der Waals surface area contributed by atoms with Gasteiger partial charge in [0, 0.05) is 29.1 Å². The van der Waals surface area contributed by atoms with E-state index in [1.807, 2.05) is 51.1 Å². The number of amides is 1. The van der Waals surface area contributed by atoms with Gasteiger partial charge in [-0.25, -0.2) is 4.21 Å². The second-order valence-electron chi connectivity index (χ2n) is 13.0. The molecule has 0 radical (unpaired) electrons. The van der Waals surface area contributed by atoms with Gasteiger partial charge in [-0.05, 0) is 112 Å². The zero-order valence-electron chi connectivity index (χ0n) is 24.2. The van der Waals surface area contributed by atoms with E-state index in [0.29, 0.717) is 24.5 Å². The van der Waals surface area contributed by atoms with E-state index in [9.17, 15) is 14.1 Å². The summed E-state index contributed by atoms with van der Waals surface area (Å²) in [6, 6.07) is 11.8. The Kier molecular flexibility index (Phi) is 7.75. The highest BCUT2D eigenvalue weighted by Crippen LogP contribution is 2.48. The lowest BCUT2D eigenvalue weighted by Crippen LogP contribution is -2.51. The molecule has 41 heavy (non-hydrogen) atoms. The average molecular weight is 597 g/mol. The van der Waals surface area contributed by atoms with Crippen molar-refractivity contribution < 1.29 is 18.8 Å². The minimum absolute atomic E-state index is 0.0775. The number of rotatable bonds is 0. The van der Waals surface area contributed by atoms with Gasteiger partial charge in [0.2, 0.25) is 0 Å². The fraction of sp³-hybridized carbons (Fsp3) is 0.545. The number of nitrogens with one attached hydrogen (secondary N) is 1. The van der Waals surface area contributed by atoms with Gasteiger partial charge < -0.3 is 14.7 Å². The van der Waals surface area contributed by atoms with Crippen molar-refractivity contribution >= 4 is 34.2 Å². The smallest absolute Gasteiger partial charge is 0.263 e. The molecule has 0 saturated heterocycles. The maximum atomic E-state index is 13.3. The summed E-state index contributed by atoms with van der Waals surface area (Å²) >= 11 is 6.40. The number of hydrogen-bond donors (Lipinski definition) is 2. The van der Waals surface area contributed by atoms with Crippen molar-refractivity contribution in [1.82, 2.24) is 4.72 Å². The van der Waals surface area contributed by atoms with Crippen molar-refractivity contribution in [2.45, 2.75) is 75.6 Å². The van der Waals surface area contributed by atoms with Crippen LogP contribution >= 0.6 is 11.6 Å². The largest absolute Gasteiger partial charge is 0.490 e. The highest BCUT2D eigenvalue weighted by molar-refractivity contribution is 7.84. The Bertz CT molecular complexity index is 1390. The summed E-state index contributed by atoms with van der Waals surface area (Å²) < 4.78 is 22.4. The molecule has 1 amide bonds. The number of carbonyl (C=O) groups is 1. The number of anilines is 1. The number of fused-ring (bicyclic) bond motifs is 4. The molecule has 1 spiro atoms. The molecule has 2 aliphatic heterocycles. The lowest BCUT2D eigenvalue weighted by molar-refractivity contribution is -0.0314. The van der Waals surface area contributed by atoms with Gasteiger partial charge >= 0.3 is 0 Å². The molecular formula is C33H41ClN2O4S. The monoisotopic (exact) mass is 596 g/mol. The molecule has 7 atom stereocenters. The van der Waals surface area contributed by atoms with Gasteiger partial charge in [0.15, 0.2) is 0 Å². The number of aliphatic hydroxyl groups is 1. The van der Waals surface area contributed by atoms with Gasteiger partial charge in [-0.2, -0.15) is 0 Å². The highest BCUT2D eigenvalue weighted by Gasteiger charge is 2.46. The second-order valence-corrected chi connectivity index (χ2v) is 15.0. The van der Waals surface area contributed by atoms with Gasteiger partial charge in [-0.3, -0.25) is 9.52 Å². The first-order valence-electron chi connectivity index (χ1n) is 15.0. The van der Waals surface area contributed by atoms with Gasteiger partial charge in [0.25, 0.3) is 5.91 Å². The number of aryl methyl sites for hydroxylation is 1. The molecule has 2 N–H and O–H groups in total. The topological polar surface area (TPSA) is 78.9 Å². The van der Waals surface area contributed by atoms with E-state index < -0.39 is 16.6 Å². The zero-order chi connectivity index (χ0) is 28.9. The summed E-state index contributed by atoms with van der Waals surface area (Å²) in [5.74, 6) is 0.940. The molecule has 2 bridgehead atoms. The fourth-order valence-corrected chi connectivity index (χ4v) is 8.60. The number of benzene rings is 2. The minimum Gasteiger partial charge on any atom is -0.490 e. The van der Waals surface area contributed by atoms with Crippen molar-refractivity contribution in [1.29, 1.82) is 0 Å². The first-order valence-corrected chi connectivity index (χ1v) is 16.6. The van der Waals surface area contributed by atoms with E-state index in [2.05, 4.69) is 21.8 Å². The van der Waals surface area contributed by atoms with E-state index in [-0.39, 0.29) is 28.4 Å². The molecule has 1 fully saturated rings. The maximum Gasteiger partial charge on any atom is 0.263 e. The van der Waals surface area contributed by atoms with Crippen LogP contribution in [0.25, 0.3) is 0 Å². The number of halogens is 1. The summed E-state index contributed by atoms with van der Waals surface area (Å²) in [6.45, 7) is 7.93. The standard InChI is InChI=1S/C33H41ClN2O4S/c1-21-6-4-14-32(3,38)27-11-8-25(27)18-36-19-33(15-5-7-23-16-26(34)10-12-28(23)33)20-40-30-13-9-24(17-29(30)36)31(37)35-41(39)22(21)2/h4,9-10,12-14,16-17,21-22,25,27,38H,5-8,11,15,18-20H2,1-3H3,(H,35,37)/b14-4+/t21?,22?,25?,27?,32-,33-,41?/m0/s1. The summed E-state index contributed by atoms with van der Waals surface area (Å²) in [7, 11) is -1.54. The average Bonchev–Trinajstić information content (AvgIpc) is 3.06. The quantitative estimate of drug-likeness (QED) is 0.367. The van der Waals surface area contributed by atoms with Gasteiger partial charge in [0.05, 0.1) is 23.1 Å². The lowest BCUT2D eigenvalue weighted by atomic mass is 9.64. The van der Waals surface area contributed by atoms with Gasteiger partial charge in [-0.1, -0.05) is 36.7 Å². The van der Waals surface area contributed by atoms with E-state index in [1.165, 1.54) is 11.1 Å². The molecule has 8 heteroatoms. The van der Waals surface area contributed by atoms with Crippen LogP contribution < -0.4 is 14.4 Å². The number of hydrogen-bond acceptors (Lipinski definition) is 5. The number of carbonyl (C=O) groups excluding carboxylic acids is 1. The van der Waals surface area contributed by atoms with Crippen LogP contribution in [0, 0.1) is 17.8 Å². The molecule has 5 unspecified atom stereocenters. The molecule has 2 aliphatic carbocycles. The second kappa shape index (κ2) is 11.1. The molecular weight excluding hydrogens is 556 g/mol. The summed E-state index contributed by atoms with van der Waals surface area (Å²) in [5, 5.41) is 12.1. The zero-order valence-corrected chi connectivity index (χ0v) is 25.8. The van der Waals surface area contributed by atoms with E-state index in [4.69, 9.17) is 16.3 Å². The molecule has 6 rings (SSSR count). The van der Waals surface area contributed by atoms with E-state index >= 15 is 0 Å². The summed E-state index contributed by atoms with van der Waals surface area (Å²) in [4.78, 5) is 15.7. The fourth-order valence-electron chi connectivity index (χ4n) is 7.39. The normalized spacial score (nSPS) is 36.2. The molecule has 0 aromatic heterocycles. The predicted octanol–water partition coefficient (Wildman–Crippen LogP) is 5.97. The molecule has 4 aliphatic rings. The molecule has 1 saturated carbocycles. The number of ether oxygens (including phenoxy) is 1. The van der Waals surface area contributed by atoms with Crippen molar-refractivity contribution in [3.63, 3.8) is 0 Å². The molecule has 2 aromatic rings. The van der Waals surface area contributed by atoms with E-state index in [1.54, 1.807) is 6.07 Å². The maximum absolute atomic E-state index is 13.3. The minimum atomic E-state index is -1.54. The highest BCUT2D eigenvalue weighted by atomic mass is 35.5. The Morgan fingerprint density at radius 1 is 1.17 bits per heavy atom. The molecule has 2 heterocycles. The Morgan fingerprint density at radius 2 is 2.00 bits per heavy atom. The third-order valence-electron chi connectivity index (χ3n) is 10.2. The molecule has 6 nitrogen and oxygen atoms in total. The van der Waals surface area contributed by atoms with Crippen LogP contribution in [-0.2, 0) is 22.8 Å². The van der Waals surface area contributed by atoms with Crippen LogP contribution in [0.2, 0.25) is 5.02 Å². The van der Waals surface area contributed by atoms with Crippen LogP contribution in [-0.4, -0.2) is 45.8 Å². The van der Waals surface area contributed by atoms with Crippen molar-refractivity contribution in [3.05, 3.63) is 70.3 Å². The first kappa shape index (κ1) is 28.8. The van der Waals surface area contributed by atoms with Crippen molar-refractivity contribution in [2.75, 3.05) is 24.6 Å². The Balaban J connectivity index is 1.42. The van der Waals surface area contributed by atoms with Gasteiger partial charge in [-0.15, -0.1) is 0 Å². The number of nitrogens with zero attached hydrogens (tertiary/aromatic N) is 1.